The topological polar surface area (TPSA) is 36.9 Å². The van der Waals surface area contributed by atoms with Crippen molar-refractivity contribution in [1.82, 2.24) is 0 Å². The Bertz CT molecular complexity index is 205. The van der Waals surface area contributed by atoms with Crippen LogP contribution < -0.4 is 0 Å². The van der Waals surface area contributed by atoms with Crippen LogP contribution in [0.25, 0.3) is 0 Å². The van der Waals surface area contributed by atoms with Gasteiger partial charge in [0.25, 0.3) is 0 Å². The Balaban J connectivity index is 2.17. The molecule has 0 amide bonds. The molecule has 0 aromatic rings. The molecular formula is C7H12BIO4. The standard InChI is InChI=1S/C7H12BIO4/c1-10-2-7-3-11-4(5(7)13-9)6(8)12-7/h4-6H,2-3,8H2,1H3/t4?,5?,6-,7+/m1/s1. The van der Waals surface area contributed by atoms with Crippen molar-refractivity contribution in [1.29, 1.82) is 0 Å². The van der Waals surface area contributed by atoms with E-state index in [4.69, 9.17) is 17.3 Å². The number of rotatable bonds is 3. The van der Waals surface area contributed by atoms with Crippen LogP contribution in [-0.4, -0.2) is 52.0 Å². The Morgan fingerprint density at radius 2 is 2.46 bits per heavy atom. The molecule has 2 bridgehead atoms. The molecule has 4 atom stereocenters. The lowest BCUT2D eigenvalue weighted by Gasteiger charge is -2.29. The van der Waals surface area contributed by atoms with E-state index in [1.807, 2.05) is 30.9 Å². The maximum atomic E-state index is 5.81. The van der Waals surface area contributed by atoms with Crippen molar-refractivity contribution in [3.63, 3.8) is 0 Å². The Morgan fingerprint density at radius 3 is 3.00 bits per heavy atom. The molecule has 0 radical (unpaired) electrons. The van der Waals surface area contributed by atoms with E-state index in [0.29, 0.717) is 13.2 Å². The fourth-order valence-corrected chi connectivity index (χ4v) is 2.91. The summed E-state index contributed by atoms with van der Waals surface area (Å²) in [6, 6.07) is 0.101. The van der Waals surface area contributed by atoms with Gasteiger partial charge in [0.15, 0.2) is 0 Å². The van der Waals surface area contributed by atoms with Crippen LogP contribution in [0.15, 0.2) is 0 Å². The van der Waals surface area contributed by atoms with Crippen LogP contribution in [0.1, 0.15) is 0 Å². The molecule has 0 aromatic carbocycles. The van der Waals surface area contributed by atoms with Gasteiger partial charge in [0.1, 0.15) is 48.7 Å². The largest absolute Gasteiger partial charge is 0.381 e. The van der Waals surface area contributed by atoms with Crippen LogP contribution in [0.3, 0.4) is 0 Å². The lowest BCUT2D eigenvalue weighted by atomic mass is 9.92. The van der Waals surface area contributed by atoms with Gasteiger partial charge in [0.2, 0.25) is 0 Å². The summed E-state index contributed by atoms with van der Waals surface area (Å²) in [4.78, 5) is 0. The number of ether oxygens (including phenoxy) is 3. The number of hydrogen-bond donors (Lipinski definition) is 0. The maximum Gasteiger partial charge on any atom is 0.144 e. The first-order valence-corrected chi connectivity index (χ1v) is 5.17. The number of fused-ring (bicyclic) bond motifs is 2. The molecule has 13 heavy (non-hydrogen) atoms. The van der Waals surface area contributed by atoms with Crippen LogP contribution in [0, 0.1) is 0 Å². The summed E-state index contributed by atoms with van der Waals surface area (Å²) in [7, 11) is 3.67. The molecule has 0 saturated carbocycles. The molecule has 6 heteroatoms. The molecular weight excluding hydrogens is 286 g/mol. The van der Waals surface area contributed by atoms with Crippen LogP contribution in [0.5, 0.6) is 0 Å². The van der Waals surface area contributed by atoms with Crippen molar-refractivity contribution in [3.8, 4) is 0 Å². The molecule has 4 nitrogen and oxygen atoms in total. The van der Waals surface area contributed by atoms with Crippen molar-refractivity contribution >= 4 is 30.9 Å². The normalized spacial score (nSPS) is 48.6. The molecule has 2 fully saturated rings. The van der Waals surface area contributed by atoms with Gasteiger partial charge in [-0.1, -0.05) is 0 Å². The van der Waals surface area contributed by atoms with E-state index in [9.17, 15) is 0 Å². The number of halogens is 1. The second kappa shape index (κ2) is 3.65. The summed E-state index contributed by atoms with van der Waals surface area (Å²) in [6.07, 6.45) is 0.0649. The third-order valence-electron chi connectivity index (χ3n) is 2.70. The Hall–Kier alpha value is 0.635. The molecule has 2 heterocycles. The summed E-state index contributed by atoms with van der Waals surface area (Å²) >= 11 is 1.90. The zero-order chi connectivity index (χ0) is 9.47. The second-order valence-corrected chi connectivity index (χ2v) is 4.11. The predicted molar refractivity (Wildman–Crippen MR) is 56.7 cm³/mol. The van der Waals surface area contributed by atoms with Gasteiger partial charge in [0.05, 0.1) is 19.2 Å². The third-order valence-corrected chi connectivity index (χ3v) is 3.25. The van der Waals surface area contributed by atoms with Gasteiger partial charge in [-0.25, -0.2) is 0 Å². The van der Waals surface area contributed by atoms with Gasteiger partial charge in [0, 0.05) is 7.11 Å². The first-order chi connectivity index (χ1) is 6.23. The predicted octanol–water partition coefficient (Wildman–Crippen LogP) is -0.505. The number of hydrogen-bond acceptors (Lipinski definition) is 4. The molecule has 0 spiro atoms. The molecule has 2 saturated heterocycles. The zero-order valence-corrected chi connectivity index (χ0v) is 9.81. The van der Waals surface area contributed by atoms with E-state index in [2.05, 4.69) is 0 Å². The summed E-state index contributed by atoms with van der Waals surface area (Å²) in [5, 5.41) is 0. The lowest BCUT2D eigenvalue weighted by Crippen LogP contribution is -2.45. The van der Waals surface area contributed by atoms with E-state index in [1.165, 1.54) is 0 Å². The highest BCUT2D eigenvalue weighted by Gasteiger charge is 2.60. The van der Waals surface area contributed by atoms with Crippen molar-refractivity contribution < 1.29 is 17.3 Å². The second-order valence-electron chi connectivity index (χ2n) is 3.61. The highest BCUT2D eigenvalue weighted by atomic mass is 127. The molecule has 74 valence electrons. The average molecular weight is 298 g/mol. The Labute approximate surface area is 92.3 Å². The van der Waals surface area contributed by atoms with E-state index in [-0.39, 0.29) is 23.8 Å². The third kappa shape index (κ3) is 1.43. The van der Waals surface area contributed by atoms with Crippen LogP contribution >= 0.6 is 23.0 Å². The molecule has 2 rings (SSSR count). The maximum absolute atomic E-state index is 5.81. The van der Waals surface area contributed by atoms with E-state index >= 15 is 0 Å². The summed E-state index contributed by atoms with van der Waals surface area (Å²) in [5.74, 6) is 0. The highest BCUT2D eigenvalue weighted by Crippen LogP contribution is 2.41. The summed E-state index contributed by atoms with van der Waals surface area (Å²) in [6.45, 7) is 1.10. The quantitative estimate of drug-likeness (QED) is 0.520. The molecule has 0 N–H and O–H groups in total. The van der Waals surface area contributed by atoms with Crippen molar-refractivity contribution in [3.05, 3.63) is 0 Å². The monoisotopic (exact) mass is 298 g/mol. The number of methoxy groups -OCH3 is 1. The fourth-order valence-electron chi connectivity index (χ4n) is 2.16. The van der Waals surface area contributed by atoms with Crippen LogP contribution in [0.4, 0.5) is 0 Å². The minimum atomic E-state index is -0.375. The van der Waals surface area contributed by atoms with Crippen LogP contribution in [-0.2, 0) is 17.3 Å². The van der Waals surface area contributed by atoms with E-state index in [1.54, 1.807) is 7.11 Å². The smallest absolute Gasteiger partial charge is 0.144 e. The molecule has 0 aliphatic carbocycles. The zero-order valence-electron chi connectivity index (χ0n) is 7.66. The lowest BCUT2D eigenvalue weighted by molar-refractivity contribution is -0.139. The first kappa shape index (κ1) is 10.2. The van der Waals surface area contributed by atoms with Crippen molar-refractivity contribution in [2.45, 2.75) is 23.8 Å². The van der Waals surface area contributed by atoms with Crippen molar-refractivity contribution in [2.24, 2.45) is 0 Å². The van der Waals surface area contributed by atoms with Crippen molar-refractivity contribution in [2.75, 3.05) is 20.3 Å². The van der Waals surface area contributed by atoms with Gasteiger partial charge in [-0.15, -0.1) is 0 Å². The summed E-state index contributed by atoms with van der Waals surface area (Å²) < 4.78 is 21.9. The molecule has 2 aliphatic rings. The molecule has 0 aromatic heterocycles. The van der Waals surface area contributed by atoms with Gasteiger partial charge in [-0.05, 0) is 0 Å². The van der Waals surface area contributed by atoms with Gasteiger partial charge in [-0.2, -0.15) is 0 Å². The summed E-state index contributed by atoms with van der Waals surface area (Å²) in [5.41, 5.74) is -0.375. The average Bonchev–Trinajstić information content (AvgIpc) is 2.55. The highest BCUT2D eigenvalue weighted by molar-refractivity contribution is 14.1. The van der Waals surface area contributed by atoms with E-state index in [0.717, 1.165) is 0 Å². The van der Waals surface area contributed by atoms with Gasteiger partial charge in [-0.3, -0.25) is 0 Å². The molecule has 2 aliphatic heterocycles. The Kier molecular flexibility index (Phi) is 2.86. The van der Waals surface area contributed by atoms with Gasteiger partial charge >= 0.3 is 0 Å². The van der Waals surface area contributed by atoms with Crippen LogP contribution in [0.2, 0.25) is 0 Å². The Morgan fingerprint density at radius 1 is 1.69 bits per heavy atom. The first-order valence-electron chi connectivity index (χ1n) is 4.29. The minimum Gasteiger partial charge on any atom is -0.381 e. The van der Waals surface area contributed by atoms with Gasteiger partial charge < -0.3 is 17.3 Å². The SMILES string of the molecule is B[C@@H]1O[C@@]2(COC)COC1C2OI. The fraction of sp³-hybridized carbons (Fsp3) is 1.00. The molecule has 2 unspecified atom stereocenters. The minimum absolute atomic E-state index is 0.00282. The van der Waals surface area contributed by atoms with E-state index < -0.39 is 0 Å².